The molecular formula is C13H16. The molecule has 0 aromatic rings. The molecule has 0 heterocycles. The van der Waals surface area contributed by atoms with Crippen molar-refractivity contribution in [1.82, 2.24) is 0 Å². The summed E-state index contributed by atoms with van der Waals surface area (Å²) in [6.07, 6.45) is 13.8. The van der Waals surface area contributed by atoms with Crippen molar-refractivity contribution < 1.29 is 0 Å². The van der Waals surface area contributed by atoms with Crippen LogP contribution in [0.15, 0.2) is 47.1 Å². The van der Waals surface area contributed by atoms with Crippen LogP contribution in [0.25, 0.3) is 0 Å². The summed E-state index contributed by atoms with van der Waals surface area (Å²) in [6.45, 7) is 4.45. The van der Waals surface area contributed by atoms with Crippen LogP contribution in [-0.2, 0) is 0 Å². The van der Waals surface area contributed by atoms with Gasteiger partial charge in [0.15, 0.2) is 0 Å². The van der Waals surface area contributed by atoms with E-state index >= 15 is 0 Å². The molecular weight excluding hydrogens is 156 g/mol. The van der Waals surface area contributed by atoms with E-state index in [2.05, 4.69) is 44.2 Å². The molecule has 1 unspecified atom stereocenters. The standard InChI is InChI=1S/C13H16/c1-10-3-5-13-8-11(2)4-6-12(7-10)9-13/h3-7,11H,8-9H2,1-2H3. The van der Waals surface area contributed by atoms with Crippen molar-refractivity contribution in [2.24, 2.45) is 5.92 Å². The van der Waals surface area contributed by atoms with Gasteiger partial charge in [-0.05, 0) is 31.3 Å². The second-order valence-electron chi connectivity index (χ2n) is 4.17. The summed E-state index contributed by atoms with van der Waals surface area (Å²) >= 11 is 0. The highest BCUT2D eigenvalue weighted by atomic mass is 14.2. The van der Waals surface area contributed by atoms with E-state index in [1.807, 2.05) is 0 Å². The molecule has 13 heavy (non-hydrogen) atoms. The van der Waals surface area contributed by atoms with Crippen LogP contribution in [-0.4, -0.2) is 0 Å². The summed E-state index contributed by atoms with van der Waals surface area (Å²) in [5.41, 5.74) is 4.40. The molecule has 0 N–H and O–H groups in total. The maximum atomic E-state index is 2.32. The molecule has 0 fully saturated rings. The van der Waals surface area contributed by atoms with Crippen molar-refractivity contribution in [1.29, 1.82) is 0 Å². The fourth-order valence-corrected chi connectivity index (χ4v) is 1.98. The molecule has 0 saturated heterocycles. The molecule has 0 aliphatic heterocycles. The van der Waals surface area contributed by atoms with E-state index in [-0.39, 0.29) is 0 Å². The van der Waals surface area contributed by atoms with E-state index in [1.54, 1.807) is 5.57 Å². The first-order chi connectivity index (χ1) is 6.24. The topological polar surface area (TPSA) is 0 Å². The maximum Gasteiger partial charge on any atom is -0.00638 e. The average molecular weight is 172 g/mol. The molecule has 2 bridgehead atoms. The van der Waals surface area contributed by atoms with E-state index in [0.717, 1.165) is 6.42 Å². The average Bonchev–Trinajstić information content (AvgIpc) is 2.34. The number of hydrogen-bond acceptors (Lipinski definition) is 0. The van der Waals surface area contributed by atoms with Crippen molar-refractivity contribution in [2.75, 3.05) is 0 Å². The summed E-state index contributed by atoms with van der Waals surface area (Å²) in [7, 11) is 0. The van der Waals surface area contributed by atoms with E-state index in [4.69, 9.17) is 0 Å². The predicted molar refractivity (Wildman–Crippen MR) is 57.5 cm³/mol. The van der Waals surface area contributed by atoms with Gasteiger partial charge in [0.2, 0.25) is 0 Å². The molecule has 0 aromatic heterocycles. The minimum absolute atomic E-state index is 0.698. The second-order valence-corrected chi connectivity index (χ2v) is 4.17. The van der Waals surface area contributed by atoms with Crippen LogP contribution in [0.2, 0.25) is 0 Å². The number of rotatable bonds is 0. The molecule has 0 nitrogen and oxygen atoms in total. The van der Waals surface area contributed by atoms with Crippen LogP contribution >= 0.6 is 0 Å². The maximum absolute atomic E-state index is 2.32. The number of hydrogen-bond donors (Lipinski definition) is 0. The fourth-order valence-electron chi connectivity index (χ4n) is 1.98. The summed E-state index contributed by atoms with van der Waals surface area (Å²) < 4.78 is 0. The Balaban J connectivity index is 2.39. The van der Waals surface area contributed by atoms with Crippen LogP contribution in [0.5, 0.6) is 0 Å². The van der Waals surface area contributed by atoms with Gasteiger partial charge in [-0.2, -0.15) is 0 Å². The van der Waals surface area contributed by atoms with E-state index in [1.165, 1.54) is 17.6 Å². The van der Waals surface area contributed by atoms with E-state index in [0.29, 0.717) is 5.92 Å². The Labute approximate surface area is 80.3 Å². The largest absolute Gasteiger partial charge is 0.0811 e. The van der Waals surface area contributed by atoms with Gasteiger partial charge in [0, 0.05) is 0 Å². The van der Waals surface area contributed by atoms with Gasteiger partial charge in [-0.1, -0.05) is 48.5 Å². The molecule has 1 atom stereocenters. The first-order valence-corrected chi connectivity index (χ1v) is 4.99. The fraction of sp³-hybridized carbons (Fsp3) is 0.385. The third-order valence-electron chi connectivity index (χ3n) is 2.65. The molecule has 68 valence electrons. The first kappa shape index (κ1) is 8.55. The van der Waals surface area contributed by atoms with Crippen LogP contribution in [0.1, 0.15) is 26.7 Å². The van der Waals surface area contributed by atoms with Gasteiger partial charge >= 0.3 is 0 Å². The number of fused-ring (bicyclic) bond motifs is 2. The van der Waals surface area contributed by atoms with Crippen molar-refractivity contribution >= 4 is 0 Å². The zero-order valence-electron chi connectivity index (χ0n) is 8.38. The first-order valence-electron chi connectivity index (χ1n) is 4.99. The highest BCUT2D eigenvalue weighted by molar-refractivity contribution is 5.40. The number of allylic oxidation sites excluding steroid dienone is 8. The Morgan fingerprint density at radius 2 is 2.15 bits per heavy atom. The van der Waals surface area contributed by atoms with Crippen molar-refractivity contribution in [3.8, 4) is 0 Å². The zero-order chi connectivity index (χ0) is 9.26. The van der Waals surface area contributed by atoms with Crippen molar-refractivity contribution in [3.05, 3.63) is 47.1 Å². The predicted octanol–water partition coefficient (Wildman–Crippen LogP) is 3.79. The monoisotopic (exact) mass is 172 g/mol. The van der Waals surface area contributed by atoms with Crippen LogP contribution in [0.3, 0.4) is 0 Å². The summed E-state index contributed by atoms with van der Waals surface area (Å²) in [5, 5.41) is 0. The SMILES string of the molecule is CC1=CC=C2CC(=C1)C=CC(C)C2. The Morgan fingerprint density at radius 1 is 1.31 bits per heavy atom. The molecule has 0 spiro atoms. The lowest BCUT2D eigenvalue weighted by Gasteiger charge is -2.05. The third kappa shape index (κ3) is 2.00. The minimum atomic E-state index is 0.698. The van der Waals surface area contributed by atoms with Crippen molar-refractivity contribution in [3.63, 3.8) is 0 Å². The van der Waals surface area contributed by atoms with Gasteiger partial charge in [-0.15, -0.1) is 0 Å². The van der Waals surface area contributed by atoms with Crippen LogP contribution in [0.4, 0.5) is 0 Å². The quantitative estimate of drug-likeness (QED) is 0.521. The third-order valence-corrected chi connectivity index (χ3v) is 2.65. The normalized spacial score (nSPS) is 26.9. The summed E-state index contributed by atoms with van der Waals surface area (Å²) in [4.78, 5) is 0. The lowest BCUT2D eigenvalue weighted by molar-refractivity contribution is 0.714. The van der Waals surface area contributed by atoms with Crippen LogP contribution in [0, 0.1) is 5.92 Å². The zero-order valence-corrected chi connectivity index (χ0v) is 8.38. The van der Waals surface area contributed by atoms with Crippen LogP contribution < -0.4 is 0 Å². The Morgan fingerprint density at radius 3 is 3.00 bits per heavy atom. The Kier molecular flexibility index (Phi) is 2.22. The van der Waals surface area contributed by atoms with Gasteiger partial charge in [-0.25, -0.2) is 0 Å². The van der Waals surface area contributed by atoms with Crippen molar-refractivity contribution in [2.45, 2.75) is 26.7 Å². The molecule has 0 radical (unpaired) electrons. The highest BCUT2D eigenvalue weighted by Gasteiger charge is 2.10. The molecule has 2 aliphatic carbocycles. The lowest BCUT2D eigenvalue weighted by Crippen LogP contribution is -1.89. The van der Waals surface area contributed by atoms with Gasteiger partial charge in [0.05, 0.1) is 0 Å². The molecule has 2 rings (SSSR count). The molecule has 0 amide bonds. The Hall–Kier alpha value is -1.04. The van der Waals surface area contributed by atoms with E-state index < -0.39 is 0 Å². The molecule has 0 heteroatoms. The molecule has 0 saturated carbocycles. The minimum Gasteiger partial charge on any atom is -0.0811 e. The van der Waals surface area contributed by atoms with Gasteiger partial charge in [-0.3, -0.25) is 0 Å². The highest BCUT2D eigenvalue weighted by Crippen LogP contribution is 2.28. The second kappa shape index (κ2) is 3.37. The Bertz CT molecular complexity index is 324. The summed E-state index contributed by atoms with van der Waals surface area (Å²) in [5.74, 6) is 0.698. The van der Waals surface area contributed by atoms with Gasteiger partial charge in [0.1, 0.15) is 0 Å². The van der Waals surface area contributed by atoms with E-state index in [9.17, 15) is 0 Å². The van der Waals surface area contributed by atoms with Gasteiger partial charge < -0.3 is 0 Å². The van der Waals surface area contributed by atoms with Gasteiger partial charge in [0.25, 0.3) is 0 Å². The smallest absolute Gasteiger partial charge is 0.00638 e. The molecule has 2 aliphatic rings. The lowest BCUT2D eigenvalue weighted by atomic mass is 10.0. The summed E-state index contributed by atoms with van der Waals surface area (Å²) in [6, 6.07) is 0. The molecule has 0 aromatic carbocycles.